The lowest BCUT2D eigenvalue weighted by molar-refractivity contribution is -0.119. The molecule has 2 heterocycles. The van der Waals surface area contributed by atoms with Crippen molar-refractivity contribution >= 4 is 17.4 Å². The number of rotatable bonds is 3. The van der Waals surface area contributed by atoms with E-state index in [1.165, 1.54) is 5.01 Å². The molecular weight excluding hydrogens is 216 g/mol. The molecule has 1 aromatic rings. The van der Waals surface area contributed by atoms with Crippen molar-refractivity contribution in [2.45, 2.75) is 20.3 Å². The first-order chi connectivity index (χ1) is 8.13. The highest BCUT2D eigenvalue weighted by molar-refractivity contribution is 6.14. The highest BCUT2D eigenvalue weighted by Gasteiger charge is 2.34. The van der Waals surface area contributed by atoms with Gasteiger partial charge in [-0.05, 0) is 44.5 Å². The summed E-state index contributed by atoms with van der Waals surface area (Å²) < 4.78 is 0. The zero-order valence-corrected chi connectivity index (χ0v) is 10.1. The zero-order valence-electron chi connectivity index (χ0n) is 10.1. The lowest BCUT2D eigenvalue weighted by Gasteiger charge is -2.13. The van der Waals surface area contributed by atoms with Gasteiger partial charge in [-0.1, -0.05) is 0 Å². The molecule has 5 nitrogen and oxygen atoms in total. The predicted octanol–water partition coefficient (Wildman–Crippen LogP) is 1.08. The third-order valence-electron chi connectivity index (χ3n) is 2.84. The van der Waals surface area contributed by atoms with Crippen molar-refractivity contribution in [3.8, 4) is 0 Å². The minimum atomic E-state index is -0.192. The second-order valence-corrected chi connectivity index (χ2v) is 4.21. The van der Waals surface area contributed by atoms with E-state index in [4.69, 9.17) is 5.73 Å². The number of hydrogen-bond acceptors (Lipinski definition) is 4. The summed E-state index contributed by atoms with van der Waals surface area (Å²) in [6.07, 6.45) is 2.32. The van der Waals surface area contributed by atoms with Gasteiger partial charge in [-0.15, -0.1) is 0 Å². The number of nitrogens with zero attached hydrogens (tertiary/aromatic N) is 3. The average Bonchev–Trinajstić information content (AvgIpc) is 2.57. The molecule has 90 valence electrons. The van der Waals surface area contributed by atoms with Gasteiger partial charge in [0, 0.05) is 11.9 Å². The number of carbonyl (C=O) groups excluding carboxylic acids is 1. The minimum Gasteiger partial charge on any atom is -0.330 e. The smallest absolute Gasteiger partial charge is 0.257 e. The van der Waals surface area contributed by atoms with Gasteiger partial charge in [0.05, 0.1) is 5.92 Å². The van der Waals surface area contributed by atoms with Crippen molar-refractivity contribution in [3.05, 3.63) is 23.9 Å². The first-order valence-corrected chi connectivity index (χ1v) is 5.65. The highest BCUT2D eigenvalue weighted by atomic mass is 16.2. The largest absolute Gasteiger partial charge is 0.330 e. The minimum absolute atomic E-state index is 0.0361. The Bertz CT molecular complexity index is 469. The fraction of sp³-hybridized carbons (Fsp3) is 0.417. The van der Waals surface area contributed by atoms with Crippen molar-refractivity contribution < 1.29 is 4.79 Å². The van der Waals surface area contributed by atoms with Crippen LogP contribution in [-0.2, 0) is 4.79 Å². The Morgan fingerprint density at radius 1 is 1.47 bits per heavy atom. The molecule has 1 amide bonds. The second kappa shape index (κ2) is 4.63. The predicted molar refractivity (Wildman–Crippen MR) is 66.7 cm³/mol. The van der Waals surface area contributed by atoms with E-state index >= 15 is 0 Å². The maximum absolute atomic E-state index is 12.1. The molecule has 1 unspecified atom stereocenters. The standard InChI is InChI=1S/C12H16N4O/c1-8-4-6-14-11(7-8)16-12(17)10(3-5-13)9(2)15-16/h4,6-7,10H,3,5,13H2,1-2H3. The Balaban J connectivity index is 2.27. The quantitative estimate of drug-likeness (QED) is 0.847. The monoisotopic (exact) mass is 232 g/mol. The molecule has 17 heavy (non-hydrogen) atoms. The maximum atomic E-state index is 12.1. The zero-order chi connectivity index (χ0) is 12.4. The first kappa shape index (κ1) is 11.7. The fourth-order valence-corrected chi connectivity index (χ4v) is 1.90. The number of hydrazone groups is 1. The van der Waals surface area contributed by atoms with Crippen LogP contribution in [0.25, 0.3) is 0 Å². The van der Waals surface area contributed by atoms with Crippen LogP contribution in [-0.4, -0.2) is 23.1 Å². The molecule has 1 aliphatic rings. The van der Waals surface area contributed by atoms with E-state index in [1.54, 1.807) is 6.20 Å². The third-order valence-corrected chi connectivity index (χ3v) is 2.84. The molecule has 1 atom stereocenters. The molecule has 1 aromatic heterocycles. The summed E-state index contributed by atoms with van der Waals surface area (Å²) in [5.41, 5.74) is 7.36. The van der Waals surface area contributed by atoms with Crippen LogP contribution >= 0.6 is 0 Å². The number of aryl methyl sites for hydroxylation is 1. The van der Waals surface area contributed by atoms with Gasteiger partial charge in [0.25, 0.3) is 5.91 Å². The Labute approximate surface area is 100 Å². The van der Waals surface area contributed by atoms with Gasteiger partial charge in [-0.25, -0.2) is 4.98 Å². The van der Waals surface area contributed by atoms with Gasteiger partial charge in [-0.3, -0.25) is 4.79 Å². The summed E-state index contributed by atoms with van der Waals surface area (Å²) in [7, 11) is 0. The van der Waals surface area contributed by atoms with E-state index in [0.717, 1.165) is 11.3 Å². The second-order valence-electron chi connectivity index (χ2n) is 4.21. The number of pyridine rings is 1. The van der Waals surface area contributed by atoms with Gasteiger partial charge in [0.2, 0.25) is 0 Å². The number of hydrogen-bond donors (Lipinski definition) is 1. The number of carbonyl (C=O) groups is 1. The van der Waals surface area contributed by atoms with Crippen molar-refractivity contribution in [2.24, 2.45) is 16.8 Å². The molecule has 2 N–H and O–H groups in total. The van der Waals surface area contributed by atoms with Crippen LogP contribution in [0, 0.1) is 12.8 Å². The van der Waals surface area contributed by atoms with Crippen LogP contribution < -0.4 is 10.7 Å². The lowest BCUT2D eigenvalue weighted by Crippen LogP contribution is -2.29. The van der Waals surface area contributed by atoms with Gasteiger partial charge < -0.3 is 5.73 Å². The lowest BCUT2D eigenvalue weighted by atomic mass is 10.0. The molecule has 0 bridgehead atoms. The van der Waals surface area contributed by atoms with Crippen LogP contribution in [0.15, 0.2) is 23.4 Å². The summed E-state index contributed by atoms with van der Waals surface area (Å²) >= 11 is 0. The van der Waals surface area contributed by atoms with Gasteiger partial charge in [0.15, 0.2) is 5.82 Å². The SMILES string of the molecule is CC1=NN(c2cc(C)ccn2)C(=O)C1CCN. The van der Waals surface area contributed by atoms with Gasteiger partial charge in [0.1, 0.15) is 0 Å². The van der Waals surface area contributed by atoms with E-state index in [1.807, 2.05) is 26.0 Å². The molecule has 0 saturated carbocycles. The number of aromatic nitrogens is 1. The van der Waals surface area contributed by atoms with Crippen LogP contribution in [0.5, 0.6) is 0 Å². The van der Waals surface area contributed by atoms with E-state index < -0.39 is 0 Å². The molecule has 0 spiro atoms. The van der Waals surface area contributed by atoms with E-state index in [9.17, 15) is 4.79 Å². The molecule has 0 aliphatic carbocycles. The Morgan fingerprint density at radius 3 is 2.88 bits per heavy atom. The molecule has 0 aromatic carbocycles. The highest BCUT2D eigenvalue weighted by Crippen LogP contribution is 2.24. The summed E-state index contributed by atoms with van der Waals surface area (Å²) in [6.45, 7) is 4.30. The summed E-state index contributed by atoms with van der Waals surface area (Å²) in [4.78, 5) is 16.3. The summed E-state index contributed by atoms with van der Waals surface area (Å²) in [5, 5.41) is 5.64. The average molecular weight is 232 g/mol. The van der Waals surface area contributed by atoms with Crippen molar-refractivity contribution in [1.82, 2.24) is 4.98 Å². The van der Waals surface area contributed by atoms with Crippen LogP contribution in [0.1, 0.15) is 18.9 Å². The maximum Gasteiger partial charge on any atom is 0.257 e. The van der Waals surface area contributed by atoms with Gasteiger partial charge >= 0.3 is 0 Å². The Hall–Kier alpha value is -1.75. The Kier molecular flexibility index (Phi) is 3.19. The van der Waals surface area contributed by atoms with Crippen LogP contribution in [0.4, 0.5) is 5.82 Å². The van der Waals surface area contributed by atoms with Crippen LogP contribution in [0.3, 0.4) is 0 Å². The Morgan fingerprint density at radius 2 is 2.24 bits per heavy atom. The topological polar surface area (TPSA) is 71.6 Å². The molecule has 1 aliphatic heterocycles. The first-order valence-electron chi connectivity index (χ1n) is 5.65. The van der Waals surface area contributed by atoms with E-state index in [0.29, 0.717) is 18.8 Å². The van der Waals surface area contributed by atoms with E-state index in [2.05, 4.69) is 10.1 Å². The summed E-state index contributed by atoms with van der Waals surface area (Å²) in [6, 6.07) is 3.73. The van der Waals surface area contributed by atoms with Crippen molar-refractivity contribution in [3.63, 3.8) is 0 Å². The number of anilines is 1. The summed E-state index contributed by atoms with van der Waals surface area (Å²) in [5.74, 6) is 0.349. The molecule has 2 rings (SSSR count). The molecular formula is C12H16N4O. The van der Waals surface area contributed by atoms with Gasteiger partial charge in [-0.2, -0.15) is 10.1 Å². The van der Waals surface area contributed by atoms with Crippen LogP contribution in [0.2, 0.25) is 0 Å². The number of amides is 1. The fourth-order valence-electron chi connectivity index (χ4n) is 1.90. The number of nitrogens with two attached hydrogens (primary N) is 1. The molecule has 0 fully saturated rings. The molecule has 0 saturated heterocycles. The molecule has 5 heteroatoms. The molecule has 0 radical (unpaired) electrons. The normalized spacial score (nSPS) is 19.7. The van der Waals surface area contributed by atoms with Crippen molar-refractivity contribution in [1.29, 1.82) is 0 Å². The van der Waals surface area contributed by atoms with E-state index in [-0.39, 0.29) is 11.8 Å². The van der Waals surface area contributed by atoms with Crippen molar-refractivity contribution in [2.75, 3.05) is 11.6 Å². The third kappa shape index (κ3) is 2.19.